The Morgan fingerprint density at radius 2 is 2.04 bits per heavy atom. The van der Waals surface area contributed by atoms with E-state index in [-0.39, 0.29) is 23.5 Å². The van der Waals surface area contributed by atoms with Gasteiger partial charge in [0.1, 0.15) is 5.82 Å². The molecule has 11 heteroatoms. The van der Waals surface area contributed by atoms with Gasteiger partial charge in [0.15, 0.2) is 5.65 Å². The molecule has 1 N–H and O–H groups in total. The van der Waals surface area contributed by atoms with Gasteiger partial charge in [0, 0.05) is 32.2 Å². The summed E-state index contributed by atoms with van der Waals surface area (Å²) >= 11 is 0. The molecule has 2 aromatic heterocycles. The second-order valence-electron chi connectivity index (χ2n) is 6.61. The van der Waals surface area contributed by atoms with Crippen LogP contribution >= 0.6 is 0 Å². The first-order valence-electron chi connectivity index (χ1n) is 8.63. The van der Waals surface area contributed by atoms with Crippen LogP contribution in [0.2, 0.25) is 0 Å². The van der Waals surface area contributed by atoms with Crippen LogP contribution in [0.3, 0.4) is 0 Å². The molecule has 3 heterocycles. The molecular formula is C16H21F3N6O2. The zero-order chi connectivity index (χ0) is 19.6. The van der Waals surface area contributed by atoms with Gasteiger partial charge in [-0.25, -0.2) is 0 Å². The summed E-state index contributed by atoms with van der Waals surface area (Å²) in [7, 11) is 1.57. The summed E-state index contributed by atoms with van der Waals surface area (Å²) in [6.45, 7) is 3.36. The number of hydrogen-bond acceptors (Lipinski definition) is 6. The number of fused-ring (bicyclic) bond motifs is 1. The average Bonchev–Trinajstić information content (AvgIpc) is 3.05. The van der Waals surface area contributed by atoms with Gasteiger partial charge in [0.2, 0.25) is 5.91 Å². The van der Waals surface area contributed by atoms with Crippen molar-refractivity contribution in [1.82, 2.24) is 25.1 Å². The average molecular weight is 386 g/mol. The van der Waals surface area contributed by atoms with Gasteiger partial charge in [-0.2, -0.15) is 17.7 Å². The van der Waals surface area contributed by atoms with Crippen molar-refractivity contribution in [1.29, 1.82) is 0 Å². The maximum absolute atomic E-state index is 13.0. The van der Waals surface area contributed by atoms with E-state index in [2.05, 4.69) is 20.6 Å². The molecule has 0 bridgehead atoms. The predicted molar refractivity (Wildman–Crippen MR) is 90.2 cm³/mol. The molecular weight excluding hydrogens is 365 g/mol. The SMILES string of the molecule is COC[C@@H](C)NC(=O)C1CCN(c2ccc3nnc(C(F)(F)F)n3n2)CC1. The molecule has 1 saturated heterocycles. The molecule has 1 amide bonds. The van der Waals surface area contributed by atoms with Crippen LogP contribution in [-0.2, 0) is 15.7 Å². The monoisotopic (exact) mass is 386 g/mol. The van der Waals surface area contributed by atoms with Crippen LogP contribution in [0.4, 0.5) is 19.0 Å². The fourth-order valence-electron chi connectivity index (χ4n) is 3.15. The van der Waals surface area contributed by atoms with Gasteiger partial charge in [0.05, 0.1) is 6.61 Å². The van der Waals surface area contributed by atoms with Crippen molar-refractivity contribution in [3.05, 3.63) is 18.0 Å². The smallest absolute Gasteiger partial charge is 0.383 e. The van der Waals surface area contributed by atoms with Crippen molar-refractivity contribution in [2.24, 2.45) is 5.92 Å². The number of hydrogen-bond donors (Lipinski definition) is 1. The van der Waals surface area contributed by atoms with Crippen LogP contribution < -0.4 is 10.2 Å². The van der Waals surface area contributed by atoms with Crippen LogP contribution in [-0.4, -0.2) is 58.6 Å². The van der Waals surface area contributed by atoms with E-state index in [1.54, 1.807) is 13.2 Å². The van der Waals surface area contributed by atoms with Gasteiger partial charge in [-0.05, 0) is 31.9 Å². The Balaban J connectivity index is 1.66. The maximum atomic E-state index is 13.0. The molecule has 2 aromatic rings. The predicted octanol–water partition coefficient (Wildman–Crippen LogP) is 1.51. The molecule has 0 unspecified atom stereocenters. The van der Waals surface area contributed by atoms with Gasteiger partial charge in [-0.15, -0.1) is 15.3 Å². The standard InChI is InChI=1S/C16H21F3N6O2/c1-10(9-27-2)20-14(26)11-5-7-24(8-6-11)13-4-3-12-21-22-15(16(17,18)19)25(12)23-13/h3-4,10-11H,5-9H2,1-2H3,(H,20,26)/t10-/m1/s1. The Bertz CT molecular complexity index is 801. The molecule has 0 aromatic carbocycles. The molecule has 148 valence electrons. The van der Waals surface area contributed by atoms with Crippen LogP contribution in [0.15, 0.2) is 12.1 Å². The van der Waals surface area contributed by atoms with Crippen molar-refractivity contribution in [3.8, 4) is 0 Å². The number of methoxy groups -OCH3 is 1. The van der Waals surface area contributed by atoms with E-state index in [9.17, 15) is 18.0 Å². The van der Waals surface area contributed by atoms with Crippen molar-refractivity contribution in [2.45, 2.75) is 32.0 Å². The first-order valence-corrected chi connectivity index (χ1v) is 8.63. The lowest BCUT2D eigenvalue weighted by Crippen LogP contribution is -2.44. The summed E-state index contributed by atoms with van der Waals surface area (Å²) in [6.07, 6.45) is -3.44. The number of alkyl halides is 3. The molecule has 1 fully saturated rings. The minimum absolute atomic E-state index is 0.0271. The lowest BCUT2D eigenvalue weighted by atomic mass is 9.95. The topological polar surface area (TPSA) is 84.6 Å². The maximum Gasteiger partial charge on any atom is 0.453 e. The molecule has 1 aliphatic rings. The summed E-state index contributed by atoms with van der Waals surface area (Å²) in [5.41, 5.74) is 0.0347. The minimum Gasteiger partial charge on any atom is -0.383 e. The third-order valence-corrected chi connectivity index (χ3v) is 4.50. The normalized spacial score (nSPS) is 17.3. The highest BCUT2D eigenvalue weighted by Crippen LogP contribution is 2.28. The van der Waals surface area contributed by atoms with Crippen LogP contribution in [0.1, 0.15) is 25.6 Å². The fraction of sp³-hybridized carbons (Fsp3) is 0.625. The Labute approximate surface area is 153 Å². The van der Waals surface area contributed by atoms with E-state index in [1.807, 2.05) is 11.8 Å². The summed E-state index contributed by atoms with van der Waals surface area (Å²) in [4.78, 5) is 14.1. The molecule has 3 rings (SSSR count). The number of amides is 1. The number of nitrogens with zero attached hydrogens (tertiary/aromatic N) is 5. The van der Waals surface area contributed by atoms with E-state index < -0.39 is 12.0 Å². The molecule has 0 radical (unpaired) electrons. The first kappa shape index (κ1) is 19.3. The molecule has 1 atom stereocenters. The second-order valence-corrected chi connectivity index (χ2v) is 6.61. The highest BCUT2D eigenvalue weighted by atomic mass is 19.4. The van der Waals surface area contributed by atoms with E-state index in [1.165, 1.54) is 6.07 Å². The first-order chi connectivity index (χ1) is 12.8. The summed E-state index contributed by atoms with van der Waals surface area (Å²) in [5.74, 6) is -0.911. The molecule has 0 saturated carbocycles. The zero-order valence-electron chi connectivity index (χ0n) is 15.0. The van der Waals surface area contributed by atoms with Crippen molar-refractivity contribution >= 4 is 17.4 Å². The summed E-state index contributed by atoms with van der Waals surface area (Å²) in [6, 6.07) is 3.00. The van der Waals surface area contributed by atoms with Crippen molar-refractivity contribution in [2.75, 3.05) is 31.7 Å². The molecule has 1 aliphatic heterocycles. The van der Waals surface area contributed by atoms with E-state index >= 15 is 0 Å². The Morgan fingerprint density at radius 1 is 1.33 bits per heavy atom. The summed E-state index contributed by atoms with van der Waals surface area (Å²) < 4.78 is 44.7. The zero-order valence-corrected chi connectivity index (χ0v) is 15.0. The second kappa shape index (κ2) is 7.67. The summed E-state index contributed by atoms with van der Waals surface area (Å²) in [5, 5.41) is 13.6. The number of aromatic nitrogens is 4. The van der Waals surface area contributed by atoms with Gasteiger partial charge in [-0.3, -0.25) is 4.79 Å². The largest absolute Gasteiger partial charge is 0.453 e. The molecule has 27 heavy (non-hydrogen) atoms. The Morgan fingerprint density at radius 3 is 2.67 bits per heavy atom. The van der Waals surface area contributed by atoms with E-state index in [0.717, 1.165) is 0 Å². The van der Waals surface area contributed by atoms with Gasteiger partial charge < -0.3 is 15.0 Å². The third kappa shape index (κ3) is 4.29. The molecule has 0 spiro atoms. The molecule has 0 aliphatic carbocycles. The van der Waals surface area contributed by atoms with Gasteiger partial charge >= 0.3 is 6.18 Å². The van der Waals surface area contributed by atoms with Crippen LogP contribution in [0, 0.1) is 5.92 Å². The Kier molecular flexibility index (Phi) is 5.49. The van der Waals surface area contributed by atoms with E-state index in [4.69, 9.17) is 4.74 Å². The number of carbonyl (C=O) groups is 1. The number of rotatable bonds is 5. The number of piperidine rings is 1. The highest BCUT2D eigenvalue weighted by molar-refractivity contribution is 5.79. The number of halogens is 3. The van der Waals surface area contributed by atoms with Crippen molar-refractivity contribution < 1.29 is 22.7 Å². The quantitative estimate of drug-likeness (QED) is 0.839. The number of anilines is 1. The lowest BCUT2D eigenvalue weighted by Gasteiger charge is -2.32. The van der Waals surface area contributed by atoms with Crippen LogP contribution in [0.25, 0.3) is 5.65 Å². The van der Waals surface area contributed by atoms with E-state index in [0.29, 0.717) is 42.9 Å². The number of carbonyl (C=O) groups excluding carboxylic acids is 1. The van der Waals surface area contributed by atoms with Crippen molar-refractivity contribution in [3.63, 3.8) is 0 Å². The highest BCUT2D eigenvalue weighted by Gasteiger charge is 2.38. The third-order valence-electron chi connectivity index (χ3n) is 4.50. The minimum atomic E-state index is -4.63. The Hall–Kier alpha value is -2.43. The number of nitrogens with one attached hydrogen (secondary N) is 1. The van der Waals surface area contributed by atoms with Gasteiger partial charge in [-0.1, -0.05) is 0 Å². The molecule has 8 nitrogen and oxygen atoms in total. The van der Waals surface area contributed by atoms with Gasteiger partial charge in [0.25, 0.3) is 5.82 Å². The fourth-order valence-corrected chi connectivity index (χ4v) is 3.15. The lowest BCUT2D eigenvalue weighted by molar-refractivity contribution is -0.146. The van der Waals surface area contributed by atoms with Crippen LogP contribution in [0.5, 0.6) is 0 Å². The number of ether oxygens (including phenoxy) is 1.